The van der Waals surface area contributed by atoms with Gasteiger partial charge in [0.15, 0.2) is 0 Å². The number of fused-ring (bicyclic) bond motifs is 7. The zero-order chi connectivity index (χ0) is 32.3. The van der Waals surface area contributed by atoms with E-state index < -0.39 is 0 Å². The molecule has 2 aliphatic carbocycles. The first-order valence-electron chi connectivity index (χ1n) is 17.4. The molecule has 0 radical (unpaired) electrons. The topological polar surface area (TPSA) is 0 Å². The Morgan fingerprint density at radius 3 is 1.82 bits per heavy atom. The van der Waals surface area contributed by atoms with Crippen molar-refractivity contribution in [3.05, 3.63) is 215 Å². The van der Waals surface area contributed by atoms with Gasteiger partial charge in [0, 0.05) is 5.92 Å². The van der Waals surface area contributed by atoms with Crippen LogP contribution in [0.2, 0.25) is 0 Å². The van der Waals surface area contributed by atoms with Gasteiger partial charge in [0.05, 0.1) is 0 Å². The third kappa shape index (κ3) is 4.60. The standard InChI is InChI=1S/C49H34/c1-3-12-32(13-4-1)33-22-24-35(25-23-33)48(34-14-5-2-6-15-34)39-27-26-38-30-47-46(44(38)31-39)29-37-17-8-10-19-41(37)49(47)43-21-11-20-42-40-18-9-7-16-36(40)28-45(42)43/h1-27,29,31,48H,28,30H2. The van der Waals surface area contributed by atoms with Crippen molar-refractivity contribution in [3.63, 3.8) is 0 Å². The lowest BCUT2D eigenvalue weighted by Crippen LogP contribution is -2.04. The van der Waals surface area contributed by atoms with Gasteiger partial charge in [0.1, 0.15) is 0 Å². The van der Waals surface area contributed by atoms with E-state index >= 15 is 0 Å². The van der Waals surface area contributed by atoms with Gasteiger partial charge in [-0.3, -0.25) is 0 Å². The molecule has 0 aromatic heterocycles. The maximum absolute atomic E-state index is 2.49. The molecule has 0 bridgehead atoms. The molecule has 8 aromatic rings. The van der Waals surface area contributed by atoms with E-state index in [1.165, 1.54) is 94.2 Å². The van der Waals surface area contributed by atoms with Gasteiger partial charge in [-0.1, -0.05) is 164 Å². The first-order valence-corrected chi connectivity index (χ1v) is 17.4. The van der Waals surface area contributed by atoms with Crippen LogP contribution in [-0.2, 0) is 12.8 Å². The second-order valence-corrected chi connectivity index (χ2v) is 13.6. The fraction of sp³-hybridized carbons (Fsp3) is 0.0612. The SMILES string of the molecule is c1ccc(-c2ccc(C(c3ccccc3)c3ccc4c(c3)-c3cc5ccccc5c(-c5cccc6c5Cc5ccccc5-6)c3C4)cc2)cc1. The normalized spacial score (nSPS) is 13.1. The van der Waals surface area contributed by atoms with Crippen LogP contribution in [-0.4, -0.2) is 0 Å². The molecule has 0 saturated heterocycles. The monoisotopic (exact) mass is 622 g/mol. The first-order chi connectivity index (χ1) is 24.3. The average molecular weight is 623 g/mol. The fourth-order valence-electron chi connectivity index (χ4n) is 8.60. The predicted molar refractivity (Wildman–Crippen MR) is 205 cm³/mol. The minimum atomic E-state index is 0.135. The molecule has 0 heterocycles. The van der Waals surface area contributed by atoms with Crippen molar-refractivity contribution in [3.8, 4) is 44.5 Å². The minimum Gasteiger partial charge on any atom is -0.0622 e. The number of hydrogen-bond donors (Lipinski definition) is 0. The highest BCUT2D eigenvalue weighted by Crippen LogP contribution is 2.50. The van der Waals surface area contributed by atoms with Crippen molar-refractivity contribution in [2.24, 2.45) is 0 Å². The summed E-state index contributed by atoms with van der Waals surface area (Å²) >= 11 is 0. The highest BCUT2D eigenvalue weighted by molar-refractivity contribution is 6.06. The summed E-state index contributed by atoms with van der Waals surface area (Å²) in [6.07, 6.45) is 1.93. The van der Waals surface area contributed by atoms with E-state index in [0.717, 1.165) is 12.8 Å². The van der Waals surface area contributed by atoms with Crippen molar-refractivity contribution in [2.75, 3.05) is 0 Å². The molecule has 2 aliphatic rings. The molecule has 0 heteroatoms. The summed E-state index contributed by atoms with van der Waals surface area (Å²) in [5.74, 6) is 0.135. The molecule has 1 unspecified atom stereocenters. The lowest BCUT2D eigenvalue weighted by atomic mass is 9.83. The zero-order valence-corrected chi connectivity index (χ0v) is 27.2. The van der Waals surface area contributed by atoms with Gasteiger partial charge in [0.2, 0.25) is 0 Å². The van der Waals surface area contributed by atoms with E-state index in [-0.39, 0.29) is 5.92 Å². The molecule has 49 heavy (non-hydrogen) atoms. The molecule has 8 aromatic carbocycles. The molecule has 0 saturated carbocycles. The Balaban J connectivity index is 1.13. The molecule has 0 amide bonds. The second kappa shape index (κ2) is 11.3. The van der Waals surface area contributed by atoms with Crippen molar-refractivity contribution in [1.29, 1.82) is 0 Å². The van der Waals surface area contributed by atoms with Gasteiger partial charge in [-0.05, 0) is 119 Å². The molecule has 1 atom stereocenters. The molecule has 0 spiro atoms. The molecular weight excluding hydrogens is 589 g/mol. The molecule has 0 nitrogen and oxygen atoms in total. The smallest absolute Gasteiger partial charge is 0.0340 e. The van der Waals surface area contributed by atoms with Crippen LogP contribution in [0.15, 0.2) is 176 Å². The minimum absolute atomic E-state index is 0.135. The van der Waals surface area contributed by atoms with Crippen LogP contribution in [0.25, 0.3) is 55.3 Å². The van der Waals surface area contributed by atoms with Crippen LogP contribution in [0.4, 0.5) is 0 Å². The van der Waals surface area contributed by atoms with Gasteiger partial charge in [-0.15, -0.1) is 0 Å². The van der Waals surface area contributed by atoms with Crippen molar-refractivity contribution in [2.45, 2.75) is 18.8 Å². The largest absolute Gasteiger partial charge is 0.0622 e. The lowest BCUT2D eigenvalue weighted by molar-refractivity contribution is 0.977. The Kier molecular flexibility index (Phi) is 6.49. The van der Waals surface area contributed by atoms with E-state index in [2.05, 4.69) is 176 Å². The van der Waals surface area contributed by atoms with Crippen LogP contribution in [0.3, 0.4) is 0 Å². The van der Waals surface area contributed by atoms with Gasteiger partial charge < -0.3 is 0 Å². The maximum Gasteiger partial charge on any atom is 0.0340 e. The Bertz CT molecular complexity index is 2520. The number of rotatable bonds is 5. The van der Waals surface area contributed by atoms with Crippen molar-refractivity contribution < 1.29 is 0 Å². The van der Waals surface area contributed by atoms with E-state index in [0.29, 0.717) is 0 Å². The van der Waals surface area contributed by atoms with Crippen LogP contribution < -0.4 is 0 Å². The second-order valence-electron chi connectivity index (χ2n) is 13.6. The maximum atomic E-state index is 2.49. The Labute approximate surface area is 288 Å². The van der Waals surface area contributed by atoms with E-state index in [1.54, 1.807) is 0 Å². The Morgan fingerprint density at radius 2 is 0.959 bits per heavy atom. The van der Waals surface area contributed by atoms with Crippen molar-refractivity contribution in [1.82, 2.24) is 0 Å². The summed E-state index contributed by atoms with van der Waals surface area (Å²) in [4.78, 5) is 0. The Morgan fingerprint density at radius 1 is 0.347 bits per heavy atom. The quantitative estimate of drug-likeness (QED) is 0.168. The van der Waals surface area contributed by atoms with Crippen LogP contribution in [0, 0.1) is 0 Å². The summed E-state index contributed by atoms with van der Waals surface area (Å²) in [6.45, 7) is 0. The molecule has 230 valence electrons. The highest BCUT2D eigenvalue weighted by atomic mass is 14.3. The fourth-order valence-corrected chi connectivity index (χ4v) is 8.60. The summed E-state index contributed by atoms with van der Waals surface area (Å²) < 4.78 is 0. The van der Waals surface area contributed by atoms with Gasteiger partial charge in [-0.2, -0.15) is 0 Å². The lowest BCUT2D eigenvalue weighted by Gasteiger charge is -2.21. The zero-order valence-electron chi connectivity index (χ0n) is 27.2. The number of hydrogen-bond acceptors (Lipinski definition) is 0. The first kappa shape index (κ1) is 28.1. The third-order valence-electron chi connectivity index (χ3n) is 10.9. The molecule has 0 aliphatic heterocycles. The van der Waals surface area contributed by atoms with Gasteiger partial charge in [0.25, 0.3) is 0 Å². The van der Waals surface area contributed by atoms with Crippen molar-refractivity contribution >= 4 is 10.8 Å². The summed E-state index contributed by atoms with van der Waals surface area (Å²) in [7, 11) is 0. The highest BCUT2D eigenvalue weighted by Gasteiger charge is 2.29. The molecule has 10 rings (SSSR count). The Hall–Kier alpha value is -5.98. The van der Waals surface area contributed by atoms with Gasteiger partial charge >= 0.3 is 0 Å². The average Bonchev–Trinajstić information content (AvgIpc) is 3.73. The van der Waals surface area contributed by atoms with Crippen LogP contribution in [0.1, 0.15) is 44.9 Å². The van der Waals surface area contributed by atoms with E-state index in [4.69, 9.17) is 0 Å². The summed E-state index contributed by atoms with van der Waals surface area (Å²) in [5, 5.41) is 2.65. The van der Waals surface area contributed by atoms with E-state index in [9.17, 15) is 0 Å². The van der Waals surface area contributed by atoms with Crippen LogP contribution in [0.5, 0.6) is 0 Å². The van der Waals surface area contributed by atoms with Gasteiger partial charge in [-0.25, -0.2) is 0 Å². The molecule has 0 fully saturated rings. The van der Waals surface area contributed by atoms with E-state index in [1.807, 2.05) is 0 Å². The predicted octanol–water partition coefficient (Wildman–Crippen LogP) is 12.5. The van der Waals surface area contributed by atoms with Crippen LogP contribution >= 0.6 is 0 Å². The summed E-state index contributed by atoms with van der Waals surface area (Å²) in [6, 6.07) is 65.4. The molecular formula is C49H34. The number of benzene rings is 8. The molecule has 0 N–H and O–H groups in total. The third-order valence-corrected chi connectivity index (χ3v) is 10.9. The summed E-state index contributed by atoms with van der Waals surface area (Å²) in [5.41, 5.74) is 20.5.